The van der Waals surface area contributed by atoms with Gasteiger partial charge in [0.1, 0.15) is 5.75 Å². The van der Waals surface area contributed by atoms with Gasteiger partial charge in [-0.15, -0.1) is 0 Å². The molecule has 0 aliphatic heterocycles. The van der Waals surface area contributed by atoms with Crippen molar-refractivity contribution in [2.45, 2.75) is 57.4 Å². The lowest BCUT2D eigenvalue weighted by Gasteiger charge is -2.29. The highest BCUT2D eigenvalue weighted by Gasteiger charge is 2.37. The van der Waals surface area contributed by atoms with Gasteiger partial charge in [-0.25, -0.2) is 0 Å². The minimum Gasteiger partial charge on any atom is -0.496 e. The molecule has 2 N–H and O–H groups in total. The van der Waals surface area contributed by atoms with Crippen molar-refractivity contribution in [3.8, 4) is 5.75 Å². The third-order valence-corrected chi connectivity index (χ3v) is 4.75. The maximum Gasteiger partial charge on any atom is 0.305 e. The van der Waals surface area contributed by atoms with Gasteiger partial charge in [0.05, 0.1) is 19.1 Å². The first-order chi connectivity index (χ1) is 11.4. The third kappa shape index (κ3) is 4.98. The zero-order chi connectivity index (χ0) is 17.6. The summed E-state index contributed by atoms with van der Waals surface area (Å²) >= 11 is 0. The zero-order valence-electron chi connectivity index (χ0n) is 14.5. The molecule has 132 valence electrons. The van der Waals surface area contributed by atoms with Crippen LogP contribution in [0.3, 0.4) is 0 Å². The maximum atomic E-state index is 12.4. The van der Waals surface area contributed by atoms with E-state index in [2.05, 4.69) is 5.32 Å². The predicted octanol–water partition coefficient (Wildman–Crippen LogP) is 3.17. The van der Waals surface area contributed by atoms with E-state index in [1.54, 1.807) is 7.11 Å². The fraction of sp³-hybridized carbons (Fsp3) is 0.579. The lowest BCUT2D eigenvalue weighted by molar-refractivity contribution is -0.139. The Kier molecular flexibility index (Phi) is 6.23. The average Bonchev–Trinajstić information content (AvgIpc) is 2.94. The number of aliphatic carboxylic acids is 1. The number of nitrogens with one attached hydrogen (secondary N) is 1. The second-order valence-electron chi connectivity index (χ2n) is 6.93. The Morgan fingerprint density at radius 2 is 1.96 bits per heavy atom. The number of rotatable bonds is 8. The van der Waals surface area contributed by atoms with Crippen LogP contribution in [0.4, 0.5) is 0 Å². The number of carbonyl (C=O) groups excluding carboxylic acids is 1. The standard InChI is InChI=1S/C19H27NO4/c1-14(11-15-7-3-4-8-16(15)24-2)12-17(21)20-19(13-18(22)23)9-5-6-10-19/h3-4,7-8,14H,5-6,9-13H2,1-2H3,(H,20,21)(H,22,23). The number of hydrogen-bond acceptors (Lipinski definition) is 3. The Bertz CT molecular complexity index is 578. The lowest BCUT2D eigenvalue weighted by Crippen LogP contribution is -2.48. The Balaban J connectivity index is 1.92. The molecule has 0 radical (unpaired) electrons. The van der Waals surface area contributed by atoms with Crippen LogP contribution < -0.4 is 10.1 Å². The van der Waals surface area contributed by atoms with E-state index in [4.69, 9.17) is 9.84 Å². The number of benzene rings is 1. The van der Waals surface area contributed by atoms with Gasteiger partial charge in [0.2, 0.25) is 5.91 Å². The number of hydrogen-bond donors (Lipinski definition) is 2. The molecular weight excluding hydrogens is 306 g/mol. The van der Waals surface area contributed by atoms with Gasteiger partial charge in [0.15, 0.2) is 0 Å². The summed E-state index contributed by atoms with van der Waals surface area (Å²) in [6, 6.07) is 7.82. The van der Waals surface area contributed by atoms with E-state index in [0.717, 1.165) is 43.4 Å². The normalized spacial score (nSPS) is 17.2. The highest BCUT2D eigenvalue weighted by molar-refractivity contribution is 5.78. The highest BCUT2D eigenvalue weighted by Crippen LogP contribution is 2.33. The summed E-state index contributed by atoms with van der Waals surface area (Å²) in [6.07, 6.45) is 4.62. The van der Waals surface area contributed by atoms with Crippen molar-refractivity contribution >= 4 is 11.9 Å². The van der Waals surface area contributed by atoms with Crippen LogP contribution in [0.2, 0.25) is 0 Å². The van der Waals surface area contributed by atoms with Crippen LogP contribution >= 0.6 is 0 Å². The molecule has 2 rings (SSSR count). The number of carbonyl (C=O) groups is 2. The van der Waals surface area contributed by atoms with Crippen LogP contribution in [0.5, 0.6) is 5.75 Å². The average molecular weight is 333 g/mol. The number of methoxy groups -OCH3 is 1. The van der Waals surface area contributed by atoms with Gasteiger partial charge < -0.3 is 15.2 Å². The smallest absolute Gasteiger partial charge is 0.305 e. The van der Waals surface area contributed by atoms with Gasteiger partial charge in [-0.1, -0.05) is 38.0 Å². The van der Waals surface area contributed by atoms with Gasteiger partial charge in [-0.05, 0) is 36.8 Å². The van der Waals surface area contributed by atoms with Gasteiger partial charge in [-0.3, -0.25) is 9.59 Å². The van der Waals surface area contributed by atoms with Crippen molar-refractivity contribution in [3.63, 3.8) is 0 Å². The molecule has 1 atom stereocenters. The Labute approximate surface area is 143 Å². The van der Waals surface area contributed by atoms with Crippen molar-refractivity contribution in [2.75, 3.05) is 7.11 Å². The predicted molar refractivity (Wildman–Crippen MR) is 92.1 cm³/mol. The van der Waals surface area contributed by atoms with E-state index < -0.39 is 11.5 Å². The maximum absolute atomic E-state index is 12.4. The van der Waals surface area contributed by atoms with Crippen molar-refractivity contribution < 1.29 is 19.4 Å². The van der Waals surface area contributed by atoms with Crippen molar-refractivity contribution in [1.29, 1.82) is 0 Å². The SMILES string of the molecule is COc1ccccc1CC(C)CC(=O)NC1(CC(=O)O)CCCC1. The Morgan fingerprint density at radius 1 is 1.29 bits per heavy atom. The molecule has 1 fully saturated rings. The van der Waals surface area contributed by atoms with E-state index in [1.807, 2.05) is 31.2 Å². The number of carboxylic acids is 1. The molecule has 1 aliphatic rings. The van der Waals surface area contributed by atoms with Crippen LogP contribution in [-0.2, 0) is 16.0 Å². The minimum atomic E-state index is -0.848. The fourth-order valence-electron chi connectivity index (χ4n) is 3.67. The summed E-state index contributed by atoms with van der Waals surface area (Å²) in [5.74, 6) is 0.0901. The highest BCUT2D eigenvalue weighted by atomic mass is 16.5. The van der Waals surface area contributed by atoms with Crippen LogP contribution in [0, 0.1) is 5.92 Å². The first-order valence-corrected chi connectivity index (χ1v) is 8.59. The summed E-state index contributed by atoms with van der Waals surface area (Å²) in [6.45, 7) is 2.03. The fourth-order valence-corrected chi connectivity index (χ4v) is 3.67. The number of para-hydroxylation sites is 1. The number of carboxylic acid groups (broad SMARTS) is 1. The summed E-state index contributed by atoms with van der Waals surface area (Å²) in [4.78, 5) is 23.5. The quantitative estimate of drug-likeness (QED) is 0.766. The molecule has 0 heterocycles. The van der Waals surface area contributed by atoms with Crippen molar-refractivity contribution in [2.24, 2.45) is 5.92 Å². The summed E-state index contributed by atoms with van der Waals surface area (Å²) in [5, 5.41) is 12.1. The van der Waals surface area contributed by atoms with Gasteiger partial charge >= 0.3 is 5.97 Å². The first kappa shape index (κ1) is 18.3. The van der Waals surface area contributed by atoms with E-state index in [1.165, 1.54) is 0 Å². The second-order valence-corrected chi connectivity index (χ2v) is 6.93. The summed E-state index contributed by atoms with van der Waals surface area (Å²) in [5.41, 5.74) is 0.536. The molecule has 5 heteroatoms. The lowest BCUT2D eigenvalue weighted by atomic mass is 9.91. The third-order valence-electron chi connectivity index (χ3n) is 4.75. The van der Waals surface area contributed by atoms with Crippen LogP contribution in [-0.4, -0.2) is 29.6 Å². The topological polar surface area (TPSA) is 75.6 Å². The van der Waals surface area contributed by atoms with Crippen LogP contribution in [0.25, 0.3) is 0 Å². The number of amides is 1. The van der Waals surface area contributed by atoms with E-state index in [-0.39, 0.29) is 18.2 Å². The molecule has 24 heavy (non-hydrogen) atoms. The molecule has 1 aromatic rings. The first-order valence-electron chi connectivity index (χ1n) is 8.59. The summed E-state index contributed by atoms with van der Waals surface area (Å²) < 4.78 is 5.35. The number of ether oxygens (including phenoxy) is 1. The Hall–Kier alpha value is -2.04. The molecule has 1 saturated carbocycles. The Morgan fingerprint density at radius 3 is 2.58 bits per heavy atom. The van der Waals surface area contributed by atoms with E-state index >= 15 is 0 Å². The van der Waals surface area contributed by atoms with Crippen molar-refractivity contribution in [3.05, 3.63) is 29.8 Å². The van der Waals surface area contributed by atoms with Crippen LogP contribution in [0.15, 0.2) is 24.3 Å². The summed E-state index contributed by atoms with van der Waals surface area (Å²) in [7, 11) is 1.64. The molecule has 0 bridgehead atoms. The van der Waals surface area contributed by atoms with Gasteiger partial charge in [0, 0.05) is 6.42 Å². The van der Waals surface area contributed by atoms with Crippen LogP contribution in [0.1, 0.15) is 51.0 Å². The van der Waals surface area contributed by atoms with Gasteiger partial charge in [-0.2, -0.15) is 0 Å². The molecule has 0 saturated heterocycles. The second kappa shape index (κ2) is 8.18. The molecule has 0 spiro atoms. The molecule has 1 amide bonds. The molecule has 1 aromatic carbocycles. The van der Waals surface area contributed by atoms with Gasteiger partial charge in [0.25, 0.3) is 0 Å². The monoisotopic (exact) mass is 333 g/mol. The van der Waals surface area contributed by atoms with Crippen molar-refractivity contribution in [1.82, 2.24) is 5.32 Å². The zero-order valence-corrected chi connectivity index (χ0v) is 14.5. The molecule has 1 unspecified atom stereocenters. The van der Waals surface area contributed by atoms with E-state index in [0.29, 0.717) is 6.42 Å². The molecule has 1 aliphatic carbocycles. The molecule has 5 nitrogen and oxygen atoms in total. The minimum absolute atomic E-state index is 0.0135. The van der Waals surface area contributed by atoms with E-state index in [9.17, 15) is 9.59 Å². The molecular formula is C19H27NO4. The molecule has 0 aromatic heterocycles. The largest absolute Gasteiger partial charge is 0.496 e.